The van der Waals surface area contributed by atoms with Crippen molar-refractivity contribution in [2.24, 2.45) is 0 Å². The van der Waals surface area contributed by atoms with E-state index in [1.807, 2.05) is 19.0 Å². The van der Waals surface area contributed by atoms with Crippen molar-refractivity contribution >= 4 is 23.4 Å². The number of hydrogen-bond acceptors (Lipinski definition) is 9. The smallest absolute Gasteiger partial charge is 0.308 e. The molecule has 192 valence electrons. The van der Waals surface area contributed by atoms with Crippen molar-refractivity contribution in [1.82, 2.24) is 9.80 Å². The summed E-state index contributed by atoms with van der Waals surface area (Å²) in [4.78, 5) is 41.3. The Morgan fingerprint density at radius 1 is 0.972 bits per heavy atom. The van der Waals surface area contributed by atoms with Crippen molar-refractivity contribution in [3.05, 3.63) is 53.1 Å². The maximum atomic E-state index is 13.3. The van der Waals surface area contributed by atoms with Crippen molar-refractivity contribution in [2.75, 3.05) is 48.5 Å². The summed E-state index contributed by atoms with van der Waals surface area (Å²) >= 11 is 0. The summed E-state index contributed by atoms with van der Waals surface area (Å²) in [6, 6.07) is 8.54. The maximum Gasteiger partial charge on any atom is 0.308 e. The van der Waals surface area contributed by atoms with Gasteiger partial charge >= 0.3 is 5.97 Å². The number of amides is 1. The molecule has 10 heteroatoms. The molecule has 0 aliphatic carbocycles. The second-order valence-electron chi connectivity index (χ2n) is 8.37. The Labute approximate surface area is 209 Å². The fourth-order valence-corrected chi connectivity index (χ4v) is 4.00. The van der Waals surface area contributed by atoms with Gasteiger partial charge in [-0.3, -0.25) is 14.4 Å². The van der Waals surface area contributed by atoms with Gasteiger partial charge in [0.1, 0.15) is 17.3 Å². The summed E-state index contributed by atoms with van der Waals surface area (Å²) in [5.74, 6) is -1.35. The van der Waals surface area contributed by atoms with Crippen LogP contribution in [0.25, 0.3) is 5.76 Å². The van der Waals surface area contributed by atoms with Crippen molar-refractivity contribution in [3.63, 3.8) is 0 Å². The molecule has 1 amide bonds. The highest BCUT2D eigenvalue weighted by Crippen LogP contribution is 2.43. The molecular formula is C26H30N2O8. The van der Waals surface area contributed by atoms with Gasteiger partial charge in [0.2, 0.25) is 0 Å². The summed E-state index contributed by atoms with van der Waals surface area (Å²) in [6.07, 6.45) is 0. The number of methoxy groups -OCH3 is 3. The highest BCUT2D eigenvalue weighted by Gasteiger charge is 2.46. The summed E-state index contributed by atoms with van der Waals surface area (Å²) < 4.78 is 21.2. The van der Waals surface area contributed by atoms with Crippen LogP contribution in [0.15, 0.2) is 42.0 Å². The summed E-state index contributed by atoms with van der Waals surface area (Å²) in [5, 5.41) is 11.4. The van der Waals surface area contributed by atoms with Gasteiger partial charge in [0.25, 0.3) is 11.7 Å². The van der Waals surface area contributed by atoms with E-state index in [1.54, 1.807) is 30.3 Å². The van der Waals surface area contributed by atoms with E-state index in [9.17, 15) is 19.5 Å². The van der Waals surface area contributed by atoms with Crippen LogP contribution in [0.3, 0.4) is 0 Å². The van der Waals surface area contributed by atoms with Crippen LogP contribution >= 0.6 is 0 Å². The van der Waals surface area contributed by atoms with E-state index in [2.05, 4.69) is 0 Å². The first kappa shape index (κ1) is 26.6. The number of ketones is 1. The largest absolute Gasteiger partial charge is 0.507 e. The lowest BCUT2D eigenvalue weighted by molar-refractivity contribution is -0.140. The van der Waals surface area contributed by atoms with E-state index in [0.29, 0.717) is 23.6 Å². The van der Waals surface area contributed by atoms with Gasteiger partial charge in [-0.1, -0.05) is 6.07 Å². The number of likely N-dealkylation sites (N-methyl/N-ethyl adjacent to an activating group) is 1. The minimum atomic E-state index is -0.947. The van der Waals surface area contributed by atoms with Gasteiger partial charge in [0.15, 0.2) is 11.5 Å². The number of carbonyl (C=O) groups excluding carboxylic acids is 3. The Kier molecular flexibility index (Phi) is 8.21. The lowest BCUT2D eigenvalue weighted by atomic mass is 9.94. The number of likely N-dealkylation sites (tertiary alicyclic amines) is 1. The molecule has 3 rings (SSSR count). The molecule has 0 bridgehead atoms. The topological polar surface area (TPSA) is 115 Å². The second kappa shape index (κ2) is 11.1. The molecule has 1 unspecified atom stereocenters. The molecule has 1 N–H and O–H groups in total. The average Bonchev–Trinajstić information content (AvgIpc) is 3.11. The third kappa shape index (κ3) is 5.28. The third-order valence-electron chi connectivity index (χ3n) is 5.75. The number of rotatable bonds is 9. The Balaban J connectivity index is 2.24. The number of hydrogen-bond donors (Lipinski definition) is 1. The van der Waals surface area contributed by atoms with Crippen LogP contribution in [0.4, 0.5) is 0 Å². The van der Waals surface area contributed by atoms with E-state index < -0.39 is 29.5 Å². The number of ether oxygens (including phenoxy) is 4. The van der Waals surface area contributed by atoms with Crippen LogP contribution < -0.4 is 18.9 Å². The number of aliphatic hydroxyl groups is 1. The van der Waals surface area contributed by atoms with Crippen LogP contribution in [0.5, 0.6) is 23.0 Å². The molecule has 0 aromatic heterocycles. The maximum absolute atomic E-state index is 13.3. The van der Waals surface area contributed by atoms with Crippen LogP contribution in [0, 0.1) is 0 Å². The van der Waals surface area contributed by atoms with E-state index >= 15 is 0 Å². The molecular weight excluding hydrogens is 468 g/mol. The highest BCUT2D eigenvalue weighted by atomic mass is 16.6. The molecule has 1 saturated heterocycles. The second-order valence-corrected chi connectivity index (χ2v) is 8.37. The number of aliphatic hydroxyl groups excluding tert-OH is 1. The van der Waals surface area contributed by atoms with E-state index in [1.165, 1.54) is 39.2 Å². The number of esters is 1. The SMILES string of the molecule is COc1ccc(/C(O)=C2\C(=O)C(=O)N(CCN(C)C)C2c2ccc(OC)c(OC(C)=O)c2)c(OC)c1. The molecule has 1 fully saturated rings. The molecule has 0 spiro atoms. The molecule has 0 radical (unpaired) electrons. The van der Waals surface area contributed by atoms with Gasteiger partial charge in [0, 0.05) is 26.1 Å². The normalized spacial score (nSPS) is 16.9. The van der Waals surface area contributed by atoms with Crippen molar-refractivity contribution < 1.29 is 38.4 Å². The van der Waals surface area contributed by atoms with Crippen LogP contribution in [0.1, 0.15) is 24.1 Å². The standard InChI is InChI=1S/C26H30N2O8/c1-15(29)36-21-13-16(7-10-19(21)34-5)23-22(25(31)26(32)28(23)12-11-27(2)3)24(30)18-9-8-17(33-4)14-20(18)35-6/h7-10,13-14,23,30H,11-12H2,1-6H3/b24-22+. The number of Topliss-reactive ketones (excluding diaryl/α,β-unsaturated/α-hetero) is 1. The van der Waals surface area contributed by atoms with Crippen LogP contribution in [-0.4, -0.2) is 81.1 Å². The first-order chi connectivity index (χ1) is 17.1. The average molecular weight is 499 g/mol. The van der Waals surface area contributed by atoms with Gasteiger partial charge < -0.3 is 33.9 Å². The van der Waals surface area contributed by atoms with Crippen LogP contribution in [-0.2, 0) is 14.4 Å². The molecule has 0 saturated carbocycles. The van der Waals surface area contributed by atoms with E-state index in [-0.39, 0.29) is 29.2 Å². The molecule has 1 aliphatic rings. The summed E-state index contributed by atoms with van der Waals surface area (Å²) in [7, 11) is 8.05. The first-order valence-electron chi connectivity index (χ1n) is 11.1. The highest BCUT2D eigenvalue weighted by molar-refractivity contribution is 6.46. The monoisotopic (exact) mass is 498 g/mol. The van der Waals surface area contributed by atoms with Gasteiger partial charge in [-0.2, -0.15) is 0 Å². The van der Waals surface area contributed by atoms with Crippen LogP contribution in [0.2, 0.25) is 0 Å². The number of nitrogens with zero attached hydrogens (tertiary/aromatic N) is 2. The van der Waals surface area contributed by atoms with Crippen molar-refractivity contribution in [2.45, 2.75) is 13.0 Å². The molecule has 1 heterocycles. The molecule has 2 aromatic rings. The Hall–Kier alpha value is -4.05. The fraction of sp³-hybridized carbons (Fsp3) is 0.346. The van der Waals surface area contributed by atoms with Gasteiger partial charge in [-0.05, 0) is 43.9 Å². The minimum Gasteiger partial charge on any atom is -0.507 e. The van der Waals surface area contributed by atoms with E-state index in [4.69, 9.17) is 18.9 Å². The predicted octanol–water partition coefficient (Wildman–Crippen LogP) is 2.62. The van der Waals surface area contributed by atoms with Gasteiger partial charge in [0.05, 0.1) is 38.5 Å². The van der Waals surface area contributed by atoms with Gasteiger partial charge in [-0.15, -0.1) is 0 Å². The minimum absolute atomic E-state index is 0.110. The Bertz CT molecular complexity index is 1200. The van der Waals surface area contributed by atoms with Crippen molar-refractivity contribution in [3.8, 4) is 23.0 Å². The lowest BCUT2D eigenvalue weighted by Crippen LogP contribution is -2.35. The molecule has 36 heavy (non-hydrogen) atoms. The quantitative estimate of drug-likeness (QED) is 0.183. The van der Waals surface area contributed by atoms with Gasteiger partial charge in [-0.25, -0.2) is 0 Å². The molecule has 10 nitrogen and oxygen atoms in total. The zero-order valence-corrected chi connectivity index (χ0v) is 21.2. The lowest BCUT2D eigenvalue weighted by Gasteiger charge is -2.27. The molecule has 2 aromatic carbocycles. The fourth-order valence-electron chi connectivity index (χ4n) is 4.00. The molecule has 1 atom stereocenters. The summed E-state index contributed by atoms with van der Waals surface area (Å²) in [5.41, 5.74) is 0.572. The number of benzene rings is 2. The molecule has 1 aliphatic heterocycles. The first-order valence-corrected chi connectivity index (χ1v) is 11.1. The van der Waals surface area contributed by atoms with Crippen molar-refractivity contribution in [1.29, 1.82) is 0 Å². The zero-order chi connectivity index (χ0) is 26.6. The third-order valence-corrected chi connectivity index (χ3v) is 5.75. The number of carbonyl (C=O) groups is 3. The predicted molar refractivity (Wildman–Crippen MR) is 131 cm³/mol. The Morgan fingerprint density at radius 3 is 2.25 bits per heavy atom. The Morgan fingerprint density at radius 2 is 1.67 bits per heavy atom. The van der Waals surface area contributed by atoms with E-state index in [0.717, 1.165) is 0 Å². The zero-order valence-electron chi connectivity index (χ0n) is 21.2. The summed E-state index contributed by atoms with van der Waals surface area (Å²) in [6.45, 7) is 1.95.